The predicted molar refractivity (Wildman–Crippen MR) is 58.5 cm³/mol. The fourth-order valence-corrected chi connectivity index (χ4v) is 1.68. The van der Waals surface area contributed by atoms with E-state index in [9.17, 15) is 4.79 Å². The summed E-state index contributed by atoms with van der Waals surface area (Å²) in [4.78, 5) is 13.5. The van der Waals surface area contributed by atoms with E-state index in [2.05, 4.69) is 10.2 Å². The van der Waals surface area contributed by atoms with Gasteiger partial charge in [-0.3, -0.25) is 9.69 Å². The average molecular weight is 215 g/mol. The first-order chi connectivity index (χ1) is 7.08. The number of ether oxygens (including phenoxy) is 1. The number of rotatable bonds is 4. The summed E-state index contributed by atoms with van der Waals surface area (Å²) >= 11 is 0. The monoisotopic (exact) mass is 215 g/mol. The quantitative estimate of drug-likeness (QED) is 0.642. The molecule has 1 amide bonds. The van der Waals surface area contributed by atoms with E-state index in [1.165, 1.54) is 0 Å². The molecular formula is C10H21N3O2. The summed E-state index contributed by atoms with van der Waals surface area (Å²) < 4.78 is 5.36. The molecule has 1 aliphatic heterocycles. The van der Waals surface area contributed by atoms with E-state index >= 15 is 0 Å². The van der Waals surface area contributed by atoms with Gasteiger partial charge < -0.3 is 15.8 Å². The maximum Gasteiger partial charge on any atom is 0.238 e. The van der Waals surface area contributed by atoms with Gasteiger partial charge in [0.25, 0.3) is 0 Å². The van der Waals surface area contributed by atoms with Gasteiger partial charge in [0.2, 0.25) is 5.91 Å². The molecule has 1 fully saturated rings. The van der Waals surface area contributed by atoms with Crippen molar-refractivity contribution in [2.24, 2.45) is 5.73 Å². The molecule has 15 heavy (non-hydrogen) atoms. The number of likely N-dealkylation sites (N-methyl/N-ethyl adjacent to an activating group) is 1. The molecule has 0 bridgehead atoms. The number of carbonyl (C=O) groups is 1. The number of nitrogens with two attached hydrogens (primary N) is 1. The molecule has 5 nitrogen and oxygen atoms in total. The first-order valence-electron chi connectivity index (χ1n) is 5.37. The zero-order valence-corrected chi connectivity index (χ0v) is 9.58. The molecule has 1 heterocycles. The molecule has 1 unspecified atom stereocenters. The zero-order chi connectivity index (χ0) is 11.3. The van der Waals surface area contributed by atoms with Crippen molar-refractivity contribution < 1.29 is 9.53 Å². The summed E-state index contributed by atoms with van der Waals surface area (Å²) in [5, 5.41) is 2.99. The molecule has 0 aliphatic carbocycles. The largest absolute Gasteiger partial charge is 0.380 e. The van der Waals surface area contributed by atoms with Gasteiger partial charge in [-0.05, 0) is 20.4 Å². The van der Waals surface area contributed by atoms with Crippen LogP contribution in [0.4, 0.5) is 0 Å². The molecule has 0 radical (unpaired) electrons. The molecule has 0 aromatic rings. The van der Waals surface area contributed by atoms with Gasteiger partial charge in [0, 0.05) is 26.2 Å². The minimum Gasteiger partial charge on any atom is -0.380 e. The standard InChI is InChI=1S/C10H21N3O2/c1-10(12-2,9(11)14)8-13-4-3-6-15-7-5-13/h12H,3-8H2,1-2H3,(H2,11,14). The highest BCUT2D eigenvalue weighted by Crippen LogP contribution is 2.08. The number of hydrogen-bond acceptors (Lipinski definition) is 4. The Balaban J connectivity index is 2.53. The van der Waals surface area contributed by atoms with Crippen LogP contribution in [0.2, 0.25) is 0 Å². The third-order valence-electron chi connectivity index (χ3n) is 2.95. The summed E-state index contributed by atoms with van der Waals surface area (Å²) in [5.41, 5.74) is 4.73. The van der Waals surface area contributed by atoms with Gasteiger partial charge in [0.1, 0.15) is 5.54 Å². The van der Waals surface area contributed by atoms with Crippen molar-refractivity contribution >= 4 is 5.91 Å². The summed E-state index contributed by atoms with van der Waals surface area (Å²) in [5.74, 6) is -0.310. The van der Waals surface area contributed by atoms with Crippen LogP contribution in [0.3, 0.4) is 0 Å². The second-order valence-corrected chi connectivity index (χ2v) is 4.19. The molecule has 5 heteroatoms. The van der Waals surface area contributed by atoms with Crippen LogP contribution in [0.5, 0.6) is 0 Å². The first kappa shape index (κ1) is 12.4. The van der Waals surface area contributed by atoms with Crippen molar-refractivity contribution in [2.45, 2.75) is 18.9 Å². The molecule has 0 saturated carbocycles. The third kappa shape index (κ3) is 3.44. The van der Waals surface area contributed by atoms with Crippen LogP contribution in [0.15, 0.2) is 0 Å². The first-order valence-corrected chi connectivity index (χ1v) is 5.37. The Bertz CT molecular complexity index is 215. The van der Waals surface area contributed by atoms with Gasteiger partial charge in [-0.2, -0.15) is 0 Å². The van der Waals surface area contributed by atoms with Crippen molar-refractivity contribution in [3.63, 3.8) is 0 Å². The smallest absolute Gasteiger partial charge is 0.238 e. The number of nitrogens with zero attached hydrogens (tertiary/aromatic N) is 1. The van der Waals surface area contributed by atoms with Gasteiger partial charge in [-0.15, -0.1) is 0 Å². The maximum absolute atomic E-state index is 11.3. The Labute approximate surface area is 90.9 Å². The van der Waals surface area contributed by atoms with Crippen molar-refractivity contribution in [3.05, 3.63) is 0 Å². The van der Waals surface area contributed by atoms with Crippen LogP contribution in [0.1, 0.15) is 13.3 Å². The lowest BCUT2D eigenvalue weighted by molar-refractivity contribution is -0.124. The lowest BCUT2D eigenvalue weighted by Crippen LogP contribution is -2.58. The van der Waals surface area contributed by atoms with E-state index in [-0.39, 0.29) is 5.91 Å². The van der Waals surface area contributed by atoms with E-state index in [4.69, 9.17) is 10.5 Å². The van der Waals surface area contributed by atoms with Crippen LogP contribution in [0, 0.1) is 0 Å². The highest BCUT2D eigenvalue weighted by molar-refractivity contribution is 5.84. The molecule has 88 valence electrons. The Morgan fingerprint density at radius 1 is 1.53 bits per heavy atom. The second kappa shape index (κ2) is 5.44. The van der Waals surface area contributed by atoms with Gasteiger partial charge in [0.15, 0.2) is 0 Å². The molecule has 0 aromatic carbocycles. The second-order valence-electron chi connectivity index (χ2n) is 4.19. The molecule has 1 rings (SSSR count). The summed E-state index contributed by atoms with van der Waals surface area (Å²) in [6.07, 6.45) is 1.01. The van der Waals surface area contributed by atoms with Crippen LogP contribution < -0.4 is 11.1 Å². The molecule has 1 aliphatic rings. The minimum atomic E-state index is -0.648. The Morgan fingerprint density at radius 3 is 2.87 bits per heavy atom. The van der Waals surface area contributed by atoms with Gasteiger partial charge in [-0.1, -0.05) is 0 Å². The Morgan fingerprint density at radius 2 is 2.27 bits per heavy atom. The van der Waals surface area contributed by atoms with Gasteiger partial charge >= 0.3 is 0 Å². The number of carbonyl (C=O) groups excluding carboxylic acids is 1. The number of primary amides is 1. The topological polar surface area (TPSA) is 67.6 Å². The van der Waals surface area contributed by atoms with Crippen molar-refractivity contribution in [1.29, 1.82) is 0 Å². The molecule has 3 N–H and O–H groups in total. The van der Waals surface area contributed by atoms with Crippen molar-refractivity contribution in [3.8, 4) is 0 Å². The fourth-order valence-electron chi connectivity index (χ4n) is 1.68. The normalized spacial score (nSPS) is 23.1. The van der Waals surface area contributed by atoms with Gasteiger partial charge in [-0.25, -0.2) is 0 Å². The minimum absolute atomic E-state index is 0.310. The van der Waals surface area contributed by atoms with Crippen molar-refractivity contribution in [1.82, 2.24) is 10.2 Å². The van der Waals surface area contributed by atoms with Crippen LogP contribution >= 0.6 is 0 Å². The number of nitrogens with one attached hydrogen (secondary N) is 1. The van der Waals surface area contributed by atoms with Gasteiger partial charge in [0.05, 0.1) is 6.61 Å². The van der Waals surface area contributed by atoms with E-state index < -0.39 is 5.54 Å². The van der Waals surface area contributed by atoms with E-state index in [1.54, 1.807) is 7.05 Å². The van der Waals surface area contributed by atoms with E-state index in [1.807, 2.05) is 6.92 Å². The lowest BCUT2D eigenvalue weighted by Gasteiger charge is -2.31. The van der Waals surface area contributed by atoms with Crippen LogP contribution in [-0.2, 0) is 9.53 Å². The summed E-state index contributed by atoms with van der Waals surface area (Å²) in [6.45, 7) is 5.85. The third-order valence-corrected chi connectivity index (χ3v) is 2.95. The van der Waals surface area contributed by atoms with Crippen LogP contribution in [-0.4, -0.2) is 56.2 Å². The molecule has 0 aromatic heterocycles. The molecule has 1 atom stereocenters. The van der Waals surface area contributed by atoms with E-state index in [0.717, 1.165) is 32.7 Å². The van der Waals surface area contributed by atoms with Crippen LogP contribution in [0.25, 0.3) is 0 Å². The molecule has 1 saturated heterocycles. The fraction of sp³-hybridized carbons (Fsp3) is 0.900. The predicted octanol–water partition coefficient (Wildman–Crippen LogP) is -0.828. The number of hydrogen-bond donors (Lipinski definition) is 2. The molecule has 0 spiro atoms. The highest BCUT2D eigenvalue weighted by Gasteiger charge is 2.31. The highest BCUT2D eigenvalue weighted by atomic mass is 16.5. The summed E-state index contributed by atoms with van der Waals surface area (Å²) in [6, 6.07) is 0. The lowest BCUT2D eigenvalue weighted by atomic mass is 10.0. The SMILES string of the molecule is CNC(C)(CN1CCCOCC1)C(N)=O. The number of amides is 1. The van der Waals surface area contributed by atoms with Crippen molar-refractivity contribution in [2.75, 3.05) is 39.9 Å². The zero-order valence-electron chi connectivity index (χ0n) is 9.58. The Kier molecular flexibility index (Phi) is 4.50. The van der Waals surface area contributed by atoms with E-state index in [0.29, 0.717) is 6.54 Å². The molecular weight excluding hydrogens is 194 g/mol. The summed E-state index contributed by atoms with van der Waals surface area (Å²) in [7, 11) is 1.76. The maximum atomic E-state index is 11.3. The Hall–Kier alpha value is -0.650. The average Bonchev–Trinajstić information content (AvgIpc) is 2.46.